The summed E-state index contributed by atoms with van der Waals surface area (Å²) in [6.07, 6.45) is 5.96. The molecule has 3 aliphatic rings. The van der Waals surface area contributed by atoms with Gasteiger partial charge in [0.25, 0.3) is 0 Å². The standard InChI is InChI=1S/C17H27N5OSi/c1-6-10-21(11-7-2)17-19-16-18-15-13(12-22(16)20-17)8-9-14(15)23-24(3,4)5/h6-7,14H,1-2,8-12H2,3-5H3,(H,18,19,20). The van der Waals surface area contributed by atoms with Gasteiger partial charge in [0.15, 0.2) is 8.32 Å². The van der Waals surface area contributed by atoms with Gasteiger partial charge in [0.05, 0.1) is 18.3 Å². The van der Waals surface area contributed by atoms with Gasteiger partial charge in [0.2, 0.25) is 11.9 Å². The minimum atomic E-state index is -1.58. The third-order valence-electron chi connectivity index (χ3n) is 4.12. The highest BCUT2D eigenvalue weighted by Gasteiger charge is 2.37. The fourth-order valence-corrected chi connectivity index (χ4v) is 4.28. The van der Waals surface area contributed by atoms with Gasteiger partial charge >= 0.3 is 0 Å². The van der Waals surface area contributed by atoms with E-state index in [4.69, 9.17) is 9.42 Å². The maximum atomic E-state index is 6.32. The smallest absolute Gasteiger partial charge is 0.248 e. The van der Waals surface area contributed by atoms with Gasteiger partial charge in [0, 0.05) is 13.1 Å². The number of fused-ring (bicyclic) bond motifs is 1. The van der Waals surface area contributed by atoms with Crippen molar-refractivity contribution in [1.29, 1.82) is 0 Å². The lowest BCUT2D eigenvalue weighted by atomic mass is 10.2. The average Bonchev–Trinajstić information content (AvgIpc) is 3.07. The number of nitrogens with zero attached hydrogens (tertiary/aromatic N) is 4. The first-order valence-corrected chi connectivity index (χ1v) is 11.9. The second-order valence-electron chi connectivity index (χ2n) is 7.27. The normalized spacial score (nSPS) is 22.5. The molecular formula is C17H27N5OSi. The monoisotopic (exact) mass is 345 g/mol. The highest BCUT2D eigenvalue weighted by molar-refractivity contribution is 6.69. The van der Waals surface area contributed by atoms with Crippen molar-refractivity contribution in [2.45, 2.75) is 38.6 Å². The average molecular weight is 346 g/mol. The van der Waals surface area contributed by atoms with Gasteiger partial charge in [-0.05, 0) is 38.1 Å². The molecule has 0 amide bonds. The van der Waals surface area contributed by atoms with Crippen molar-refractivity contribution >= 4 is 20.2 Å². The Hall–Kier alpha value is -1.86. The van der Waals surface area contributed by atoms with Gasteiger partial charge < -0.3 is 9.33 Å². The number of aliphatic imine (C=N–C) groups is 2. The summed E-state index contributed by atoms with van der Waals surface area (Å²) in [5.74, 6) is 1.53. The van der Waals surface area contributed by atoms with Gasteiger partial charge in [-0.1, -0.05) is 12.2 Å². The molecule has 24 heavy (non-hydrogen) atoms. The summed E-state index contributed by atoms with van der Waals surface area (Å²) in [4.78, 5) is 11.6. The van der Waals surface area contributed by atoms with Crippen LogP contribution in [0.4, 0.5) is 0 Å². The molecule has 0 saturated heterocycles. The summed E-state index contributed by atoms with van der Waals surface area (Å²) in [5.41, 5.74) is 5.83. The predicted octanol–water partition coefficient (Wildman–Crippen LogP) is 2.47. The van der Waals surface area contributed by atoms with E-state index >= 15 is 0 Å². The third kappa shape index (κ3) is 3.46. The Morgan fingerprint density at radius 3 is 2.62 bits per heavy atom. The Morgan fingerprint density at radius 1 is 1.29 bits per heavy atom. The molecule has 6 nitrogen and oxygen atoms in total. The minimum absolute atomic E-state index is 0.137. The summed E-state index contributed by atoms with van der Waals surface area (Å²) < 4.78 is 6.32. The largest absolute Gasteiger partial charge is 0.409 e. The van der Waals surface area contributed by atoms with Gasteiger partial charge in [-0.15, -0.1) is 13.2 Å². The topological polar surface area (TPSA) is 52.5 Å². The Balaban J connectivity index is 1.79. The van der Waals surface area contributed by atoms with Crippen LogP contribution in [0.15, 0.2) is 46.6 Å². The summed E-state index contributed by atoms with van der Waals surface area (Å²) >= 11 is 0. The van der Waals surface area contributed by atoms with Crippen molar-refractivity contribution in [3.8, 4) is 0 Å². The zero-order valence-corrected chi connectivity index (χ0v) is 15.9. The van der Waals surface area contributed by atoms with Crippen LogP contribution in [0.5, 0.6) is 0 Å². The van der Waals surface area contributed by atoms with E-state index in [0.717, 1.165) is 37.0 Å². The highest BCUT2D eigenvalue weighted by atomic mass is 28.4. The first-order chi connectivity index (χ1) is 11.4. The molecule has 1 unspecified atom stereocenters. The van der Waals surface area contributed by atoms with Crippen molar-refractivity contribution < 1.29 is 4.43 Å². The summed E-state index contributed by atoms with van der Waals surface area (Å²) in [7, 11) is -1.58. The number of hydrazine groups is 1. The van der Waals surface area contributed by atoms with Crippen LogP contribution in [0.1, 0.15) is 12.8 Å². The van der Waals surface area contributed by atoms with Crippen molar-refractivity contribution in [3.05, 3.63) is 36.6 Å². The summed E-state index contributed by atoms with van der Waals surface area (Å²) in [6, 6.07) is 0. The molecule has 3 rings (SSSR count). The number of guanidine groups is 2. The maximum absolute atomic E-state index is 6.32. The van der Waals surface area contributed by atoms with Crippen LogP contribution in [-0.2, 0) is 4.43 Å². The van der Waals surface area contributed by atoms with E-state index in [1.165, 1.54) is 5.57 Å². The van der Waals surface area contributed by atoms with E-state index in [1.807, 2.05) is 17.2 Å². The SMILES string of the molecule is C=CCN(CC=C)C1=NC2=NC3=C(CCC3O[Si](C)(C)C)CN2N1. The molecule has 0 aromatic rings. The molecule has 1 atom stereocenters. The molecule has 130 valence electrons. The van der Waals surface area contributed by atoms with Crippen molar-refractivity contribution in [1.82, 2.24) is 15.3 Å². The third-order valence-corrected chi connectivity index (χ3v) is 5.11. The number of rotatable bonds is 6. The van der Waals surface area contributed by atoms with Gasteiger partial charge in [-0.25, -0.2) is 10.0 Å². The van der Waals surface area contributed by atoms with Crippen LogP contribution in [0.25, 0.3) is 0 Å². The molecule has 1 N–H and O–H groups in total. The van der Waals surface area contributed by atoms with Gasteiger partial charge in [0.1, 0.15) is 0 Å². The summed E-state index contributed by atoms with van der Waals surface area (Å²) in [5, 5.41) is 2.02. The molecule has 0 fully saturated rings. The van der Waals surface area contributed by atoms with E-state index in [2.05, 4.69) is 48.1 Å². The van der Waals surface area contributed by atoms with Crippen molar-refractivity contribution in [2.24, 2.45) is 9.98 Å². The fraction of sp³-hybridized carbons (Fsp3) is 0.529. The number of hydrogen-bond donors (Lipinski definition) is 1. The van der Waals surface area contributed by atoms with Gasteiger partial charge in [-0.3, -0.25) is 5.43 Å². The Morgan fingerprint density at radius 2 is 2.00 bits per heavy atom. The van der Waals surface area contributed by atoms with Crippen LogP contribution in [0.3, 0.4) is 0 Å². The molecule has 0 bridgehead atoms. The molecule has 2 aliphatic heterocycles. The van der Waals surface area contributed by atoms with Crippen LogP contribution in [0.2, 0.25) is 19.6 Å². The number of nitrogens with one attached hydrogen (secondary N) is 1. The Kier molecular flexibility index (Phi) is 4.64. The second kappa shape index (κ2) is 6.56. The zero-order valence-electron chi connectivity index (χ0n) is 14.9. The van der Waals surface area contributed by atoms with E-state index in [1.54, 1.807) is 0 Å². The van der Waals surface area contributed by atoms with Crippen LogP contribution < -0.4 is 5.43 Å². The lowest BCUT2D eigenvalue weighted by molar-refractivity contribution is 0.229. The van der Waals surface area contributed by atoms with E-state index in [0.29, 0.717) is 13.1 Å². The first kappa shape index (κ1) is 17.0. The molecule has 0 aromatic carbocycles. The maximum Gasteiger partial charge on any atom is 0.248 e. The molecule has 1 aliphatic carbocycles. The molecule has 0 spiro atoms. The van der Waals surface area contributed by atoms with E-state index in [-0.39, 0.29) is 6.10 Å². The number of hydrogen-bond acceptors (Lipinski definition) is 6. The van der Waals surface area contributed by atoms with Crippen molar-refractivity contribution in [2.75, 3.05) is 19.6 Å². The highest BCUT2D eigenvalue weighted by Crippen LogP contribution is 2.35. The fourth-order valence-electron chi connectivity index (χ4n) is 3.20. The molecule has 2 heterocycles. The molecule has 0 saturated carbocycles. The molecule has 7 heteroatoms. The predicted molar refractivity (Wildman–Crippen MR) is 101 cm³/mol. The Labute approximate surface area is 145 Å². The van der Waals surface area contributed by atoms with Gasteiger partial charge in [-0.2, -0.15) is 4.99 Å². The lowest BCUT2D eigenvalue weighted by Gasteiger charge is -2.28. The minimum Gasteiger partial charge on any atom is -0.409 e. The Bertz CT molecular complexity index is 621. The quantitative estimate of drug-likeness (QED) is 0.593. The molecule has 0 aromatic heterocycles. The molecular weight excluding hydrogens is 318 g/mol. The van der Waals surface area contributed by atoms with Crippen LogP contribution in [-0.4, -0.2) is 55.9 Å². The second-order valence-corrected chi connectivity index (χ2v) is 11.7. The van der Waals surface area contributed by atoms with Crippen LogP contribution in [0, 0.1) is 0 Å². The first-order valence-electron chi connectivity index (χ1n) is 8.49. The van der Waals surface area contributed by atoms with E-state index in [9.17, 15) is 0 Å². The summed E-state index contributed by atoms with van der Waals surface area (Å²) in [6.45, 7) is 16.6. The van der Waals surface area contributed by atoms with E-state index < -0.39 is 8.32 Å². The lowest BCUT2D eigenvalue weighted by Crippen LogP contribution is -2.47. The van der Waals surface area contributed by atoms with Crippen molar-refractivity contribution in [3.63, 3.8) is 0 Å². The molecule has 0 radical (unpaired) electrons. The zero-order chi connectivity index (χ0) is 17.3. The van der Waals surface area contributed by atoms with Crippen LogP contribution >= 0.6 is 0 Å².